The van der Waals surface area contributed by atoms with Crippen LogP contribution in [0.1, 0.15) is 42.5 Å². The summed E-state index contributed by atoms with van der Waals surface area (Å²) in [4.78, 5) is 14.9. The van der Waals surface area contributed by atoms with E-state index in [9.17, 15) is 4.79 Å². The van der Waals surface area contributed by atoms with Gasteiger partial charge in [-0.15, -0.1) is 13.2 Å². The van der Waals surface area contributed by atoms with Gasteiger partial charge in [0.05, 0.1) is 5.54 Å². The van der Waals surface area contributed by atoms with E-state index in [2.05, 4.69) is 18.1 Å². The Kier molecular flexibility index (Phi) is 4.78. The zero-order valence-corrected chi connectivity index (χ0v) is 12.1. The highest BCUT2D eigenvalue weighted by Gasteiger charge is 2.39. The van der Waals surface area contributed by atoms with Gasteiger partial charge in [0.25, 0.3) is 5.91 Å². The zero-order chi connectivity index (χ0) is 14.4. The van der Waals surface area contributed by atoms with Gasteiger partial charge in [-0.3, -0.25) is 4.79 Å². The first-order chi connectivity index (χ1) is 9.73. The molecular weight excluding hydrogens is 246 g/mol. The van der Waals surface area contributed by atoms with Crippen LogP contribution in [0.4, 0.5) is 0 Å². The Labute approximate surface area is 121 Å². The van der Waals surface area contributed by atoms with Gasteiger partial charge in [0.15, 0.2) is 0 Å². The number of nitrogens with zero attached hydrogens (tertiary/aromatic N) is 1. The number of rotatable bonds is 5. The van der Waals surface area contributed by atoms with Gasteiger partial charge >= 0.3 is 0 Å². The molecule has 1 aliphatic rings. The number of carbonyl (C=O) groups is 1. The van der Waals surface area contributed by atoms with Gasteiger partial charge in [-0.25, -0.2) is 0 Å². The second-order valence-corrected chi connectivity index (χ2v) is 5.49. The van der Waals surface area contributed by atoms with Crippen LogP contribution in [0.3, 0.4) is 0 Å². The molecule has 1 aromatic rings. The standard InChI is InChI=1S/C18H23NO/c1-3-12-18(13-4-2)14-8-9-15-19(18)17(20)16-10-6-5-7-11-16/h3-7,10-11H,1-2,8-9,12-15H2. The molecule has 0 spiro atoms. The van der Waals surface area contributed by atoms with E-state index in [1.165, 1.54) is 6.42 Å². The van der Waals surface area contributed by atoms with Crippen molar-refractivity contribution in [1.29, 1.82) is 0 Å². The monoisotopic (exact) mass is 269 g/mol. The van der Waals surface area contributed by atoms with Crippen molar-refractivity contribution < 1.29 is 4.79 Å². The Morgan fingerprint density at radius 2 is 1.80 bits per heavy atom. The Balaban J connectivity index is 2.32. The van der Waals surface area contributed by atoms with Crippen LogP contribution in [0.25, 0.3) is 0 Å². The van der Waals surface area contributed by atoms with Gasteiger partial charge < -0.3 is 4.90 Å². The van der Waals surface area contributed by atoms with Crippen LogP contribution in [0.2, 0.25) is 0 Å². The largest absolute Gasteiger partial charge is 0.332 e. The summed E-state index contributed by atoms with van der Waals surface area (Å²) in [5, 5.41) is 0. The lowest BCUT2D eigenvalue weighted by atomic mass is 9.80. The predicted molar refractivity (Wildman–Crippen MR) is 83.7 cm³/mol. The summed E-state index contributed by atoms with van der Waals surface area (Å²) in [7, 11) is 0. The highest BCUT2D eigenvalue weighted by molar-refractivity contribution is 5.94. The highest BCUT2D eigenvalue weighted by Crippen LogP contribution is 2.36. The van der Waals surface area contributed by atoms with Gasteiger partial charge in [0, 0.05) is 12.1 Å². The van der Waals surface area contributed by atoms with Crippen LogP contribution >= 0.6 is 0 Å². The highest BCUT2D eigenvalue weighted by atomic mass is 16.2. The summed E-state index contributed by atoms with van der Waals surface area (Å²) in [5.74, 6) is 0.133. The molecule has 2 nitrogen and oxygen atoms in total. The molecule has 0 bridgehead atoms. The van der Waals surface area contributed by atoms with Crippen LogP contribution in [0.5, 0.6) is 0 Å². The van der Waals surface area contributed by atoms with Gasteiger partial charge in [0.2, 0.25) is 0 Å². The Bertz CT molecular complexity index is 467. The fraction of sp³-hybridized carbons (Fsp3) is 0.389. The van der Waals surface area contributed by atoms with Crippen LogP contribution in [0.15, 0.2) is 55.6 Å². The van der Waals surface area contributed by atoms with E-state index in [4.69, 9.17) is 0 Å². The molecule has 2 rings (SSSR count). The minimum absolute atomic E-state index is 0.130. The fourth-order valence-electron chi connectivity index (χ4n) is 3.19. The van der Waals surface area contributed by atoms with Gasteiger partial charge in [-0.1, -0.05) is 30.4 Å². The number of piperidine rings is 1. The van der Waals surface area contributed by atoms with E-state index in [0.717, 1.165) is 37.8 Å². The average Bonchev–Trinajstić information content (AvgIpc) is 2.48. The summed E-state index contributed by atoms with van der Waals surface area (Å²) in [6.45, 7) is 8.58. The molecule has 0 aromatic heterocycles. The quantitative estimate of drug-likeness (QED) is 0.733. The van der Waals surface area contributed by atoms with Crippen molar-refractivity contribution in [2.45, 2.75) is 37.6 Å². The van der Waals surface area contributed by atoms with Crippen LogP contribution in [-0.2, 0) is 0 Å². The summed E-state index contributed by atoms with van der Waals surface area (Å²) in [6, 6.07) is 9.56. The zero-order valence-electron chi connectivity index (χ0n) is 12.1. The summed E-state index contributed by atoms with van der Waals surface area (Å²) in [6.07, 6.45) is 8.80. The molecule has 0 radical (unpaired) electrons. The van der Waals surface area contributed by atoms with Gasteiger partial charge in [-0.2, -0.15) is 0 Å². The smallest absolute Gasteiger partial charge is 0.254 e. The van der Waals surface area contributed by atoms with Crippen molar-refractivity contribution in [3.8, 4) is 0 Å². The van der Waals surface area contributed by atoms with Crippen molar-refractivity contribution >= 4 is 5.91 Å². The first-order valence-electron chi connectivity index (χ1n) is 7.32. The summed E-state index contributed by atoms with van der Waals surface area (Å²) < 4.78 is 0. The Hall–Kier alpha value is -1.83. The molecule has 20 heavy (non-hydrogen) atoms. The molecule has 1 aliphatic heterocycles. The minimum Gasteiger partial charge on any atom is -0.332 e. The van der Waals surface area contributed by atoms with Crippen LogP contribution in [0, 0.1) is 0 Å². The molecule has 0 aliphatic carbocycles. The van der Waals surface area contributed by atoms with E-state index in [1.807, 2.05) is 42.5 Å². The van der Waals surface area contributed by atoms with Crippen molar-refractivity contribution in [3.05, 3.63) is 61.2 Å². The third kappa shape index (κ3) is 2.84. The van der Waals surface area contributed by atoms with Crippen molar-refractivity contribution in [3.63, 3.8) is 0 Å². The molecule has 0 unspecified atom stereocenters. The maximum absolute atomic E-state index is 12.8. The molecule has 106 valence electrons. The van der Waals surface area contributed by atoms with E-state index in [1.54, 1.807) is 0 Å². The number of amides is 1. The molecule has 0 atom stereocenters. The first-order valence-corrected chi connectivity index (χ1v) is 7.32. The third-order valence-electron chi connectivity index (χ3n) is 4.16. The molecule has 1 heterocycles. The van der Waals surface area contributed by atoms with Gasteiger partial charge in [-0.05, 0) is 44.2 Å². The molecule has 2 heteroatoms. The summed E-state index contributed by atoms with van der Waals surface area (Å²) in [5.41, 5.74) is 0.640. The number of carbonyl (C=O) groups excluding carboxylic acids is 1. The average molecular weight is 269 g/mol. The lowest BCUT2D eigenvalue weighted by Gasteiger charge is -2.47. The van der Waals surface area contributed by atoms with E-state index in [0.29, 0.717) is 0 Å². The maximum atomic E-state index is 12.8. The predicted octanol–water partition coefficient (Wildman–Crippen LogP) is 4.20. The lowest BCUT2D eigenvalue weighted by Crippen LogP contribution is -2.54. The SMILES string of the molecule is C=CCC1(CC=C)CCCCN1C(=O)c1ccccc1. The topological polar surface area (TPSA) is 20.3 Å². The van der Waals surface area contributed by atoms with Crippen LogP contribution in [-0.4, -0.2) is 22.9 Å². The minimum atomic E-state index is -0.130. The number of hydrogen-bond donors (Lipinski definition) is 0. The second-order valence-electron chi connectivity index (χ2n) is 5.49. The van der Waals surface area contributed by atoms with Crippen LogP contribution < -0.4 is 0 Å². The Morgan fingerprint density at radius 3 is 2.40 bits per heavy atom. The third-order valence-corrected chi connectivity index (χ3v) is 4.16. The number of benzene rings is 1. The lowest BCUT2D eigenvalue weighted by molar-refractivity contribution is 0.0330. The van der Waals surface area contributed by atoms with Crippen molar-refractivity contribution in [1.82, 2.24) is 4.90 Å². The number of likely N-dealkylation sites (tertiary alicyclic amines) is 1. The molecule has 0 saturated carbocycles. The molecule has 1 fully saturated rings. The van der Waals surface area contributed by atoms with E-state index in [-0.39, 0.29) is 11.4 Å². The van der Waals surface area contributed by atoms with E-state index < -0.39 is 0 Å². The Morgan fingerprint density at radius 1 is 1.15 bits per heavy atom. The maximum Gasteiger partial charge on any atom is 0.254 e. The van der Waals surface area contributed by atoms with E-state index >= 15 is 0 Å². The molecule has 1 aromatic carbocycles. The fourth-order valence-corrected chi connectivity index (χ4v) is 3.19. The first kappa shape index (κ1) is 14.6. The normalized spacial score (nSPS) is 17.5. The molecule has 1 amide bonds. The molecule has 0 N–H and O–H groups in total. The van der Waals surface area contributed by atoms with Gasteiger partial charge in [0.1, 0.15) is 0 Å². The molecular formula is C18H23NO. The number of hydrogen-bond acceptors (Lipinski definition) is 1. The van der Waals surface area contributed by atoms with Crippen molar-refractivity contribution in [2.75, 3.05) is 6.54 Å². The molecule has 1 saturated heterocycles. The summed E-state index contributed by atoms with van der Waals surface area (Å²) >= 11 is 0. The van der Waals surface area contributed by atoms with Crippen molar-refractivity contribution in [2.24, 2.45) is 0 Å². The second kappa shape index (κ2) is 6.56.